The molecule has 1 heterocycles. The number of anilines is 2. The summed E-state index contributed by atoms with van der Waals surface area (Å²) in [6.07, 6.45) is 0. The molecule has 88 valence electrons. The fraction of sp³-hybridized carbons (Fsp3) is 0.154. The minimum absolute atomic E-state index is 0.479. The molecule has 0 unspecified atom stereocenters. The van der Waals surface area contributed by atoms with Crippen molar-refractivity contribution in [3.63, 3.8) is 0 Å². The maximum absolute atomic E-state index is 5.96. The number of pyridine rings is 1. The standard InChI is InChI=1S/C13H12Cl2N2/c1-8-5-12(15)17-13(6-8)16-11-7-10(14)4-3-9(11)2/h3-7H,1-2H3,(H,16,17). The lowest BCUT2D eigenvalue weighted by atomic mass is 10.2. The van der Waals surface area contributed by atoms with Gasteiger partial charge in [0.1, 0.15) is 11.0 Å². The van der Waals surface area contributed by atoms with Crippen LogP contribution in [0.3, 0.4) is 0 Å². The zero-order valence-corrected chi connectivity index (χ0v) is 11.1. The van der Waals surface area contributed by atoms with Crippen LogP contribution < -0.4 is 5.32 Å². The zero-order valence-electron chi connectivity index (χ0n) is 9.59. The molecule has 0 amide bonds. The van der Waals surface area contributed by atoms with E-state index in [4.69, 9.17) is 23.2 Å². The number of aryl methyl sites for hydroxylation is 2. The summed E-state index contributed by atoms with van der Waals surface area (Å²) in [6.45, 7) is 3.99. The van der Waals surface area contributed by atoms with Gasteiger partial charge < -0.3 is 5.32 Å². The summed E-state index contributed by atoms with van der Waals surface area (Å²) in [5.74, 6) is 0.723. The summed E-state index contributed by atoms with van der Waals surface area (Å²) < 4.78 is 0. The third-order valence-electron chi connectivity index (χ3n) is 2.40. The third-order valence-corrected chi connectivity index (χ3v) is 2.83. The molecule has 2 nitrogen and oxygen atoms in total. The average molecular weight is 267 g/mol. The van der Waals surface area contributed by atoms with Gasteiger partial charge in [-0.3, -0.25) is 0 Å². The van der Waals surface area contributed by atoms with Crippen LogP contribution in [0, 0.1) is 13.8 Å². The first-order valence-electron chi connectivity index (χ1n) is 5.22. The van der Waals surface area contributed by atoms with E-state index in [9.17, 15) is 0 Å². The maximum atomic E-state index is 5.96. The molecule has 0 saturated heterocycles. The van der Waals surface area contributed by atoms with Crippen molar-refractivity contribution in [1.29, 1.82) is 0 Å². The number of benzene rings is 1. The number of nitrogens with zero attached hydrogens (tertiary/aromatic N) is 1. The van der Waals surface area contributed by atoms with Crippen molar-refractivity contribution in [2.45, 2.75) is 13.8 Å². The van der Waals surface area contributed by atoms with Gasteiger partial charge in [-0.05, 0) is 49.2 Å². The lowest BCUT2D eigenvalue weighted by Crippen LogP contribution is -1.96. The molecular formula is C13H12Cl2N2. The van der Waals surface area contributed by atoms with Crippen LogP contribution in [0.2, 0.25) is 10.2 Å². The molecule has 1 aromatic carbocycles. The van der Waals surface area contributed by atoms with E-state index in [-0.39, 0.29) is 0 Å². The Labute approximate surface area is 111 Å². The van der Waals surface area contributed by atoms with Crippen molar-refractivity contribution in [3.8, 4) is 0 Å². The van der Waals surface area contributed by atoms with Crippen molar-refractivity contribution in [3.05, 3.63) is 51.6 Å². The molecule has 0 aliphatic heterocycles. The summed E-state index contributed by atoms with van der Waals surface area (Å²) in [5, 5.41) is 4.39. The highest BCUT2D eigenvalue weighted by Crippen LogP contribution is 2.24. The van der Waals surface area contributed by atoms with Crippen molar-refractivity contribution in [2.24, 2.45) is 0 Å². The van der Waals surface area contributed by atoms with Gasteiger partial charge in [0.2, 0.25) is 0 Å². The molecule has 0 aliphatic rings. The lowest BCUT2D eigenvalue weighted by Gasteiger charge is -2.10. The zero-order chi connectivity index (χ0) is 12.4. The van der Waals surface area contributed by atoms with Crippen molar-refractivity contribution in [1.82, 2.24) is 4.98 Å². The quantitative estimate of drug-likeness (QED) is 0.794. The minimum atomic E-state index is 0.479. The van der Waals surface area contributed by atoms with E-state index in [2.05, 4.69) is 10.3 Å². The minimum Gasteiger partial charge on any atom is -0.340 e. The maximum Gasteiger partial charge on any atom is 0.132 e. The predicted octanol–water partition coefficient (Wildman–Crippen LogP) is 4.75. The summed E-state index contributed by atoms with van der Waals surface area (Å²) in [5.41, 5.74) is 3.10. The van der Waals surface area contributed by atoms with Crippen LogP contribution in [-0.2, 0) is 0 Å². The average Bonchev–Trinajstić information content (AvgIpc) is 2.22. The van der Waals surface area contributed by atoms with E-state index in [0.29, 0.717) is 10.2 Å². The summed E-state index contributed by atoms with van der Waals surface area (Å²) in [6, 6.07) is 9.44. The number of hydrogen-bond acceptors (Lipinski definition) is 2. The smallest absolute Gasteiger partial charge is 0.132 e. The SMILES string of the molecule is Cc1cc(Cl)nc(Nc2cc(Cl)ccc2C)c1. The second-order valence-corrected chi connectivity index (χ2v) is 4.76. The number of hydrogen-bond donors (Lipinski definition) is 1. The fourth-order valence-corrected chi connectivity index (χ4v) is 1.99. The van der Waals surface area contributed by atoms with Crippen molar-refractivity contribution >= 4 is 34.7 Å². The van der Waals surface area contributed by atoms with Crippen LogP contribution in [0.5, 0.6) is 0 Å². The van der Waals surface area contributed by atoms with Gasteiger partial charge in [-0.15, -0.1) is 0 Å². The van der Waals surface area contributed by atoms with Gasteiger partial charge in [0.15, 0.2) is 0 Å². The van der Waals surface area contributed by atoms with Crippen LogP contribution in [0.4, 0.5) is 11.5 Å². The van der Waals surface area contributed by atoms with Gasteiger partial charge in [0.05, 0.1) is 0 Å². The summed E-state index contributed by atoms with van der Waals surface area (Å²) >= 11 is 11.9. The topological polar surface area (TPSA) is 24.9 Å². The molecule has 2 rings (SSSR count). The Balaban J connectivity index is 2.34. The van der Waals surface area contributed by atoms with Gasteiger partial charge in [-0.25, -0.2) is 4.98 Å². The number of rotatable bonds is 2. The van der Waals surface area contributed by atoms with E-state index >= 15 is 0 Å². The summed E-state index contributed by atoms with van der Waals surface area (Å²) in [4.78, 5) is 4.21. The fourth-order valence-electron chi connectivity index (χ4n) is 1.56. The van der Waals surface area contributed by atoms with Crippen molar-refractivity contribution < 1.29 is 0 Å². The normalized spacial score (nSPS) is 10.4. The highest BCUT2D eigenvalue weighted by atomic mass is 35.5. The third kappa shape index (κ3) is 3.11. The highest BCUT2D eigenvalue weighted by Gasteiger charge is 2.03. The van der Waals surface area contributed by atoms with Gasteiger partial charge in [0, 0.05) is 10.7 Å². The Kier molecular flexibility index (Phi) is 3.55. The molecule has 0 atom stereocenters. The van der Waals surface area contributed by atoms with Crippen LogP contribution >= 0.6 is 23.2 Å². The molecule has 0 radical (unpaired) electrons. The second kappa shape index (κ2) is 4.94. The van der Waals surface area contributed by atoms with Gasteiger partial charge in [-0.2, -0.15) is 0 Å². The molecular weight excluding hydrogens is 255 g/mol. The molecule has 1 aromatic heterocycles. The second-order valence-electron chi connectivity index (χ2n) is 3.94. The van der Waals surface area contributed by atoms with E-state index in [0.717, 1.165) is 22.6 Å². The van der Waals surface area contributed by atoms with Crippen LogP contribution in [-0.4, -0.2) is 4.98 Å². The molecule has 17 heavy (non-hydrogen) atoms. The molecule has 0 aliphatic carbocycles. The number of aromatic nitrogens is 1. The Bertz CT molecular complexity index is 533. The number of halogens is 2. The number of nitrogens with one attached hydrogen (secondary N) is 1. The summed E-state index contributed by atoms with van der Waals surface area (Å²) in [7, 11) is 0. The van der Waals surface area contributed by atoms with Crippen LogP contribution in [0.15, 0.2) is 30.3 Å². The molecule has 2 aromatic rings. The highest BCUT2D eigenvalue weighted by molar-refractivity contribution is 6.31. The molecule has 1 N–H and O–H groups in total. The van der Waals surface area contributed by atoms with E-state index in [1.54, 1.807) is 0 Å². The van der Waals surface area contributed by atoms with Crippen LogP contribution in [0.1, 0.15) is 11.1 Å². The molecule has 0 spiro atoms. The Hall–Kier alpha value is -1.25. The largest absolute Gasteiger partial charge is 0.340 e. The van der Waals surface area contributed by atoms with Gasteiger partial charge in [0.25, 0.3) is 0 Å². The van der Waals surface area contributed by atoms with Gasteiger partial charge in [-0.1, -0.05) is 29.3 Å². The van der Waals surface area contributed by atoms with Gasteiger partial charge >= 0.3 is 0 Å². The van der Waals surface area contributed by atoms with E-state index in [1.807, 2.05) is 44.2 Å². The predicted molar refractivity (Wildman–Crippen MR) is 73.5 cm³/mol. The molecule has 0 bridgehead atoms. The first kappa shape index (κ1) is 12.2. The first-order valence-corrected chi connectivity index (χ1v) is 5.97. The molecule has 0 saturated carbocycles. The monoisotopic (exact) mass is 266 g/mol. The Morgan fingerprint density at radius 3 is 2.53 bits per heavy atom. The van der Waals surface area contributed by atoms with E-state index in [1.165, 1.54) is 0 Å². The lowest BCUT2D eigenvalue weighted by molar-refractivity contribution is 1.26. The first-order chi connectivity index (χ1) is 8.04. The molecule has 4 heteroatoms. The Morgan fingerprint density at radius 2 is 1.82 bits per heavy atom. The van der Waals surface area contributed by atoms with Crippen molar-refractivity contribution in [2.75, 3.05) is 5.32 Å². The van der Waals surface area contributed by atoms with E-state index < -0.39 is 0 Å². The Morgan fingerprint density at radius 1 is 1.06 bits per heavy atom. The molecule has 0 fully saturated rings. The van der Waals surface area contributed by atoms with Crippen LogP contribution in [0.25, 0.3) is 0 Å².